The second-order valence-corrected chi connectivity index (χ2v) is 3.99. The minimum atomic E-state index is -0.610. The zero-order chi connectivity index (χ0) is 12.4. The number of hydrogen-bond donors (Lipinski definition) is 1. The molecule has 0 unspecified atom stereocenters. The van der Waals surface area contributed by atoms with Crippen molar-refractivity contribution in [3.05, 3.63) is 27.2 Å². The van der Waals surface area contributed by atoms with Gasteiger partial charge in [0.1, 0.15) is 0 Å². The van der Waals surface area contributed by atoms with Gasteiger partial charge in [0.25, 0.3) is 0 Å². The van der Waals surface area contributed by atoms with E-state index in [-0.39, 0.29) is 0 Å². The van der Waals surface area contributed by atoms with Gasteiger partial charge in [0, 0.05) is 10.0 Å². The van der Waals surface area contributed by atoms with Gasteiger partial charge >= 0.3 is 5.76 Å². The number of benzene rings is 1. The van der Waals surface area contributed by atoms with Crippen LogP contribution in [0.15, 0.2) is 25.9 Å². The number of nitrogens with one attached hydrogen (secondary N) is 1. The summed E-state index contributed by atoms with van der Waals surface area (Å²) >= 11 is 3.36. The molecule has 6 nitrogen and oxygen atoms in total. The van der Waals surface area contributed by atoms with Crippen molar-refractivity contribution in [3.8, 4) is 22.9 Å². The molecule has 1 N–H and O–H groups in total. The second kappa shape index (κ2) is 4.62. The van der Waals surface area contributed by atoms with Crippen LogP contribution in [0.25, 0.3) is 11.4 Å². The van der Waals surface area contributed by atoms with Gasteiger partial charge in [-0.15, -0.1) is 0 Å². The smallest absolute Gasteiger partial charge is 0.439 e. The maximum absolute atomic E-state index is 10.9. The molecular formula is C10H9BrN2O4. The first kappa shape index (κ1) is 11.7. The van der Waals surface area contributed by atoms with Crippen molar-refractivity contribution in [1.29, 1.82) is 0 Å². The van der Waals surface area contributed by atoms with Gasteiger partial charge in [-0.05, 0) is 28.1 Å². The molecule has 0 spiro atoms. The second-order valence-electron chi connectivity index (χ2n) is 3.13. The molecule has 0 saturated carbocycles. The number of methoxy groups -OCH3 is 2. The van der Waals surface area contributed by atoms with Crippen LogP contribution in [-0.4, -0.2) is 24.4 Å². The minimum absolute atomic E-state index is 0.322. The Hall–Kier alpha value is -1.76. The van der Waals surface area contributed by atoms with E-state index < -0.39 is 5.76 Å². The van der Waals surface area contributed by atoms with Gasteiger partial charge in [-0.25, -0.2) is 4.79 Å². The van der Waals surface area contributed by atoms with E-state index in [0.29, 0.717) is 27.4 Å². The molecule has 90 valence electrons. The number of aromatic amines is 1. The topological polar surface area (TPSA) is 77.4 Å². The fourth-order valence-electron chi connectivity index (χ4n) is 1.38. The number of nitrogens with zero attached hydrogens (tertiary/aromatic N) is 1. The first-order valence-corrected chi connectivity index (χ1v) is 5.43. The van der Waals surface area contributed by atoms with E-state index in [1.165, 1.54) is 7.11 Å². The number of halogens is 1. The van der Waals surface area contributed by atoms with Crippen molar-refractivity contribution in [3.63, 3.8) is 0 Å². The highest BCUT2D eigenvalue weighted by Crippen LogP contribution is 2.36. The van der Waals surface area contributed by atoms with E-state index in [2.05, 4.69) is 30.6 Å². The Bertz CT molecular complexity index is 590. The number of ether oxygens (including phenoxy) is 2. The lowest BCUT2D eigenvalue weighted by Crippen LogP contribution is -1.96. The summed E-state index contributed by atoms with van der Waals surface area (Å²) in [4.78, 5) is 13.4. The van der Waals surface area contributed by atoms with Gasteiger partial charge < -0.3 is 9.47 Å². The Balaban J connectivity index is 2.58. The molecule has 0 amide bonds. The molecule has 0 radical (unpaired) electrons. The Morgan fingerprint density at radius 1 is 1.29 bits per heavy atom. The van der Waals surface area contributed by atoms with E-state index >= 15 is 0 Å². The fraction of sp³-hybridized carbons (Fsp3) is 0.200. The van der Waals surface area contributed by atoms with Gasteiger partial charge in [-0.2, -0.15) is 0 Å². The van der Waals surface area contributed by atoms with Gasteiger partial charge in [-0.1, -0.05) is 5.16 Å². The van der Waals surface area contributed by atoms with Crippen molar-refractivity contribution in [2.24, 2.45) is 0 Å². The Labute approximate surface area is 105 Å². The summed E-state index contributed by atoms with van der Waals surface area (Å²) in [5, 5.41) is 3.61. The van der Waals surface area contributed by atoms with E-state index in [4.69, 9.17) is 9.47 Å². The predicted molar refractivity (Wildman–Crippen MR) is 63.4 cm³/mol. The summed E-state index contributed by atoms with van der Waals surface area (Å²) in [6.07, 6.45) is 0. The molecule has 0 aliphatic heterocycles. The quantitative estimate of drug-likeness (QED) is 0.935. The van der Waals surface area contributed by atoms with Crippen LogP contribution in [0.3, 0.4) is 0 Å². The first-order chi connectivity index (χ1) is 8.15. The van der Waals surface area contributed by atoms with Gasteiger partial charge in [-0.3, -0.25) is 9.51 Å². The molecule has 17 heavy (non-hydrogen) atoms. The zero-order valence-electron chi connectivity index (χ0n) is 9.11. The predicted octanol–water partition coefficient (Wildman–Crippen LogP) is 1.81. The molecule has 7 heteroatoms. The first-order valence-electron chi connectivity index (χ1n) is 4.63. The van der Waals surface area contributed by atoms with Crippen LogP contribution in [0.4, 0.5) is 0 Å². The molecule has 0 aliphatic rings. The van der Waals surface area contributed by atoms with Crippen LogP contribution in [0.1, 0.15) is 0 Å². The minimum Gasteiger partial charge on any atom is -0.493 e. The third-order valence-electron chi connectivity index (χ3n) is 2.17. The lowest BCUT2D eigenvalue weighted by Gasteiger charge is -2.09. The largest absolute Gasteiger partial charge is 0.493 e. The third kappa shape index (κ3) is 2.19. The normalized spacial score (nSPS) is 10.3. The maximum atomic E-state index is 10.9. The van der Waals surface area contributed by atoms with Crippen LogP contribution in [-0.2, 0) is 0 Å². The molecule has 1 heterocycles. The van der Waals surface area contributed by atoms with Crippen LogP contribution in [0.5, 0.6) is 11.5 Å². The van der Waals surface area contributed by atoms with Crippen molar-refractivity contribution < 1.29 is 14.0 Å². The molecule has 2 rings (SSSR count). The van der Waals surface area contributed by atoms with Gasteiger partial charge in [0.05, 0.1) is 14.2 Å². The average Bonchev–Trinajstić information content (AvgIpc) is 2.75. The Morgan fingerprint density at radius 3 is 2.47 bits per heavy atom. The molecule has 0 aliphatic carbocycles. The number of aromatic nitrogens is 2. The standard InChI is InChI=1S/C10H9BrN2O4/c1-15-7-3-5(6(11)4-8(7)16-2)9-12-10(14)17-13-9/h3-4H,1-2H3,(H,12,13,14). The highest BCUT2D eigenvalue weighted by molar-refractivity contribution is 9.10. The lowest BCUT2D eigenvalue weighted by atomic mass is 10.2. The van der Waals surface area contributed by atoms with Crippen molar-refractivity contribution in [2.75, 3.05) is 14.2 Å². The summed E-state index contributed by atoms with van der Waals surface area (Å²) in [7, 11) is 3.07. The average molecular weight is 301 g/mol. The summed E-state index contributed by atoms with van der Waals surface area (Å²) < 4.78 is 15.5. The fourth-order valence-corrected chi connectivity index (χ4v) is 1.89. The molecule has 2 aromatic rings. The number of rotatable bonds is 3. The monoisotopic (exact) mass is 300 g/mol. The van der Waals surface area contributed by atoms with Crippen molar-refractivity contribution >= 4 is 15.9 Å². The number of hydrogen-bond acceptors (Lipinski definition) is 5. The summed E-state index contributed by atoms with van der Waals surface area (Å²) in [5.41, 5.74) is 0.647. The van der Waals surface area contributed by atoms with Gasteiger partial charge in [0.2, 0.25) is 0 Å². The highest BCUT2D eigenvalue weighted by Gasteiger charge is 2.14. The summed E-state index contributed by atoms with van der Waals surface area (Å²) in [6.45, 7) is 0. The SMILES string of the molecule is COc1cc(Br)c(-c2noc(=O)[nH]2)cc1OC. The molecule has 0 fully saturated rings. The third-order valence-corrected chi connectivity index (χ3v) is 2.82. The Kier molecular flexibility index (Phi) is 3.19. The summed E-state index contributed by atoms with van der Waals surface area (Å²) in [6, 6.07) is 3.41. The van der Waals surface area contributed by atoms with E-state index in [1.54, 1.807) is 19.2 Å². The van der Waals surface area contributed by atoms with Crippen LogP contribution in [0, 0.1) is 0 Å². The zero-order valence-corrected chi connectivity index (χ0v) is 10.7. The molecular weight excluding hydrogens is 292 g/mol. The Morgan fingerprint density at radius 2 is 1.94 bits per heavy atom. The van der Waals surface area contributed by atoms with E-state index in [1.807, 2.05) is 0 Å². The number of H-pyrrole nitrogens is 1. The molecule has 1 aromatic carbocycles. The maximum Gasteiger partial charge on any atom is 0.439 e. The highest BCUT2D eigenvalue weighted by atomic mass is 79.9. The molecule has 0 saturated heterocycles. The molecule has 0 bridgehead atoms. The van der Waals surface area contributed by atoms with Crippen LogP contribution >= 0.6 is 15.9 Å². The lowest BCUT2D eigenvalue weighted by molar-refractivity contribution is 0.355. The van der Waals surface area contributed by atoms with E-state index in [9.17, 15) is 4.79 Å². The van der Waals surface area contributed by atoms with Gasteiger partial charge in [0.15, 0.2) is 17.3 Å². The molecule has 1 aromatic heterocycles. The van der Waals surface area contributed by atoms with Crippen LogP contribution < -0.4 is 15.2 Å². The van der Waals surface area contributed by atoms with Crippen molar-refractivity contribution in [2.45, 2.75) is 0 Å². The van der Waals surface area contributed by atoms with Crippen LogP contribution in [0.2, 0.25) is 0 Å². The van der Waals surface area contributed by atoms with Crippen molar-refractivity contribution in [1.82, 2.24) is 10.1 Å². The van der Waals surface area contributed by atoms with E-state index in [0.717, 1.165) is 0 Å². The molecule has 0 atom stereocenters. The summed E-state index contributed by atoms with van der Waals surface area (Å²) in [5.74, 6) is 0.827.